The number of benzene rings is 1. The van der Waals surface area contributed by atoms with E-state index >= 15 is 0 Å². The third kappa shape index (κ3) is 3.97. The topological polar surface area (TPSA) is 24.5 Å². The van der Waals surface area contributed by atoms with Gasteiger partial charge in [0.1, 0.15) is 5.75 Å². The van der Waals surface area contributed by atoms with Gasteiger partial charge >= 0.3 is 0 Å². The van der Waals surface area contributed by atoms with Gasteiger partial charge in [0, 0.05) is 31.2 Å². The molecule has 1 aliphatic heterocycles. The van der Waals surface area contributed by atoms with Crippen molar-refractivity contribution in [1.29, 1.82) is 0 Å². The predicted molar refractivity (Wildman–Crippen MR) is 84.3 cm³/mol. The van der Waals surface area contributed by atoms with E-state index in [1.54, 1.807) is 7.11 Å². The van der Waals surface area contributed by atoms with Crippen molar-refractivity contribution in [3.8, 4) is 5.75 Å². The molecule has 1 fully saturated rings. The lowest BCUT2D eigenvalue weighted by Crippen LogP contribution is -2.43. The van der Waals surface area contributed by atoms with Gasteiger partial charge < -0.3 is 10.1 Å². The Labute approximate surface area is 123 Å². The molecule has 0 aromatic heterocycles. The first kappa shape index (κ1) is 15.3. The van der Waals surface area contributed by atoms with Crippen molar-refractivity contribution in [2.75, 3.05) is 20.2 Å². The van der Waals surface area contributed by atoms with E-state index in [2.05, 4.69) is 55.3 Å². The Balaban J connectivity index is 2.03. The van der Waals surface area contributed by atoms with Crippen LogP contribution in [0.3, 0.4) is 0 Å². The third-order valence-corrected chi connectivity index (χ3v) is 4.41. The van der Waals surface area contributed by atoms with Crippen LogP contribution in [0, 0.1) is 0 Å². The van der Waals surface area contributed by atoms with E-state index in [0.717, 1.165) is 18.8 Å². The van der Waals surface area contributed by atoms with Crippen LogP contribution in [0.5, 0.6) is 5.75 Å². The molecule has 112 valence electrons. The lowest BCUT2D eigenvalue weighted by molar-refractivity contribution is 0.172. The largest absolute Gasteiger partial charge is 0.497 e. The maximum Gasteiger partial charge on any atom is 0.118 e. The zero-order valence-electron chi connectivity index (χ0n) is 13.2. The van der Waals surface area contributed by atoms with Gasteiger partial charge in [0.2, 0.25) is 0 Å². The maximum atomic E-state index is 5.24. The fraction of sp³-hybridized carbons (Fsp3) is 0.647. The molecule has 0 bridgehead atoms. The minimum atomic E-state index is 0.471. The van der Waals surface area contributed by atoms with Crippen LogP contribution in [0.1, 0.15) is 45.2 Å². The van der Waals surface area contributed by atoms with Crippen molar-refractivity contribution in [3.63, 3.8) is 0 Å². The second-order valence-electron chi connectivity index (χ2n) is 6.03. The normalized spacial score (nSPS) is 26.6. The molecule has 1 aromatic carbocycles. The average molecular weight is 276 g/mol. The molecule has 2 rings (SSSR count). The van der Waals surface area contributed by atoms with Crippen LogP contribution in [0.2, 0.25) is 0 Å². The minimum absolute atomic E-state index is 0.471. The highest BCUT2D eigenvalue weighted by Crippen LogP contribution is 2.24. The molecule has 0 radical (unpaired) electrons. The van der Waals surface area contributed by atoms with E-state index in [1.165, 1.54) is 18.4 Å². The highest BCUT2D eigenvalue weighted by Gasteiger charge is 2.20. The fourth-order valence-electron chi connectivity index (χ4n) is 2.96. The van der Waals surface area contributed by atoms with E-state index in [4.69, 9.17) is 4.74 Å². The van der Waals surface area contributed by atoms with Crippen molar-refractivity contribution < 1.29 is 4.74 Å². The number of ether oxygens (including phenoxy) is 1. The molecular weight excluding hydrogens is 248 g/mol. The molecule has 20 heavy (non-hydrogen) atoms. The summed E-state index contributed by atoms with van der Waals surface area (Å²) in [7, 11) is 1.71. The average Bonchev–Trinajstić information content (AvgIpc) is 2.45. The van der Waals surface area contributed by atoms with E-state index in [9.17, 15) is 0 Å². The summed E-state index contributed by atoms with van der Waals surface area (Å²) >= 11 is 0. The van der Waals surface area contributed by atoms with Crippen LogP contribution in [-0.2, 0) is 0 Å². The molecule has 0 saturated carbocycles. The first-order chi connectivity index (χ1) is 9.60. The van der Waals surface area contributed by atoms with E-state index in [1.807, 2.05) is 0 Å². The molecule has 1 saturated heterocycles. The van der Waals surface area contributed by atoms with Gasteiger partial charge in [-0.2, -0.15) is 0 Å². The molecule has 3 unspecified atom stereocenters. The summed E-state index contributed by atoms with van der Waals surface area (Å²) in [5, 5.41) is 3.65. The Kier molecular flexibility index (Phi) is 5.44. The van der Waals surface area contributed by atoms with Crippen LogP contribution >= 0.6 is 0 Å². The molecule has 0 amide bonds. The van der Waals surface area contributed by atoms with Crippen molar-refractivity contribution in [2.45, 2.75) is 51.7 Å². The number of nitrogens with zero attached hydrogens (tertiary/aromatic N) is 1. The first-order valence-electron chi connectivity index (χ1n) is 7.74. The predicted octanol–water partition coefficient (Wildman–Crippen LogP) is 3.22. The zero-order chi connectivity index (χ0) is 14.5. The summed E-state index contributed by atoms with van der Waals surface area (Å²) in [6.45, 7) is 9.21. The summed E-state index contributed by atoms with van der Waals surface area (Å²) in [6.07, 6.45) is 2.43. The lowest BCUT2D eigenvalue weighted by atomic mass is 10.0. The number of hydrogen-bond acceptors (Lipinski definition) is 3. The van der Waals surface area contributed by atoms with Gasteiger partial charge in [0.25, 0.3) is 0 Å². The summed E-state index contributed by atoms with van der Waals surface area (Å²) in [6, 6.07) is 10.2. The molecule has 1 N–H and O–H groups in total. The Morgan fingerprint density at radius 2 is 1.65 bits per heavy atom. The van der Waals surface area contributed by atoms with E-state index in [0.29, 0.717) is 18.1 Å². The second kappa shape index (κ2) is 7.09. The van der Waals surface area contributed by atoms with E-state index in [-0.39, 0.29) is 0 Å². The molecule has 1 heterocycles. The van der Waals surface area contributed by atoms with Crippen molar-refractivity contribution in [3.05, 3.63) is 29.8 Å². The van der Waals surface area contributed by atoms with Gasteiger partial charge in [-0.15, -0.1) is 0 Å². The van der Waals surface area contributed by atoms with Crippen LogP contribution in [0.15, 0.2) is 24.3 Å². The van der Waals surface area contributed by atoms with Gasteiger partial charge in [-0.05, 0) is 51.3 Å². The van der Waals surface area contributed by atoms with Crippen LogP contribution < -0.4 is 10.1 Å². The number of hydrogen-bond donors (Lipinski definition) is 1. The van der Waals surface area contributed by atoms with Crippen molar-refractivity contribution >= 4 is 0 Å². The van der Waals surface area contributed by atoms with Gasteiger partial charge in [-0.25, -0.2) is 0 Å². The molecule has 3 atom stereocenters. The molecular formula is C17H28N2O. The molecule has 0 aliphatic carbocycles. The number of nitrogens with one attached hydrogen (secondary N) is 1. The highest BCUT2D eigenvalue weighted by molar-refractivity contribution is 5.28. The smallest absolute Gasteiger partial charge is 0.118 e. The van der Waals surface area contributed by atoms with Gasteiger partial charge in [-0.3, -0.25) is 4.90 Å². The molecule has 3 nitrogen and oxygen atoms in total. The van der Waals surface area contributed by atoms with Gasteiger partial charge in [-0.1, -0.05) is 12.1 Å². The number of rotatable bonds is 3. The summed E-state index contributed by atoms with van der Waals surface area (Å²) < 4.78 is 5.24. The maximum absolute atomic E-state index is 5.24. The van der Waals surface area contributed by atoms with E-state index < -0.39 is 0 Å². The summed E-state index contributed by atoms with van der Waals surface area (Å²) in [4.78, 5) is 2.61. The Hall–Kier alpha value is -1.06. The van der Waals surface area contributed by atoms with Crippen LogP contribution in [-0.4, -0.2) is 37.2 Å². The monoisotopic (exact) mass is 276 g/mol. The Morgan fingerprint density at radius 3 is 2.15 bits per heavy atom. The summed E-state index contributed by atoms with van der Waals surface area (Å²) in [5.41, 5.74) is 1.37. The molecule has 1 aromatic rings. The van der Waals surface area contributed by atoms with Crippen molar-refractivity contribution in [1.82, 2.24) is 10.2 Å². The fourth-order valence-corrected chi connectivity index (χ4v) is 2.96. The number of methoxy groups -OCH3 is 1. The standard InChI is InChI=1S/C17H28N2O/c1-13-9-11-19(12-10-14(2)18-13)15(3)16-5-7-17(20-4)8-6-16/h5-8,13-15,18H,9-12H2,1-4H3. The minimum Gasteiger partial charge on any atom is -0.497 e. The Bertz CT molecular complexity index is 392. The SMILES string of the molecule is COc1ccc(C(C)N2CCC(C)NC(C)CC2)cc1. The van der Waals surface area contributed by atoms with Crippen LogP contribution in [0.25, 0.3) is 0 Å². The molecule has 0 spiro atoms. The zero-order valence-corrected chi connectivity index (χ0v) is 13.2. The summed E-state index contributed by atoms with van der Waals surface area (Å²) in [5.74, 6) is 0.931. The first-order valence-corrected chi connectivity index (χ1v) is 7.74. The van der Waals surface area contributed by atoms with Gasteiger partial charge in [0.15, 0.2) is 0 Å². The molecule has 3 heteroatoms. The third-order valence-electron chi connectivity index (χ3n) is 4.41. The highest BCUT2D eigenvalue weighted by atomic mass is 16.5. The van der Waals surface area contributed by atoms with Crippen LogP contribution in [0.4, 0.5) is 0 Å². The quantitative estimate of drug-likeness (QED) is 0.917. The molecule has 1 aliphatic rings. The Morgan fingerprint density at radius 1 is 1.10 bits per heavy atom. The van der Waals surface area contributed by atoms with Crippen molar-refractivity contribution in [2.24, 2.45) is 0 Å². The second-order valence-corrected chi connectivity index (χ2v) is 6.03. The van der Waals surface area contributed by atoms with Gasteiger partial charge in [0.05, 0.1) is 7.11 Å². The lowest BCUT2D eigenvalue weighted by Gasteiger charge is -2.35.